The van der Waals surface area contributed by atoms with Gasteiger partial charge in [-0.2, -0.15) is 13.2 Å². The number of carbonyl (C=O) groups excluding carboxylic acids is 1. The number of fused-ring (bicyclic) bond motifs is 1. The number of rotatable bonds is 8. The fourth-order valence-corrected chi connectivity index (χ4v) is 2.95. The molecule has 0 aliphatic carbocycles. The van der Waals surface area contributed by atoms with Crippen LogP contribution in [0.2, 0.25) is 0 Å². The van der Waals surface area contributed by atoms with Crippen molar-refractivity contribution in [2.75, 3.05) is 6.61 Å². The van der Waals surface area contributed by atoms with Crippen molar-refractivity contribution in [1.82, 2.24) is 0 Å². The summed E-state index contributed by atoms with van der Waals surface area (Å²) in [7, 11) is 0. The fraction of sp³-hybridized carbons (Fsp3) is 0.500. The molecule has 8 nitrogen and oxygen atoms in total. The van der Waals surface area contributed by atoms with Crippen molar-refractivity contribution in [3.05, 3.63) is 39.4 Å². The van der Waals surface area contributed by atoms with Crippen LogP contribution in [0.1, 0.15) is 31.4 Å². The van der Waals surface area contributed by atoms with Gasteiger partial charge in [0.15, 0.2) is 6.10 Å². The lowest BCUT2D eigenvalue weighted by Gasteiger charge is -2.40. The van der Waals surface area contributed by atoms with Crippen LogP contribution in [0.3, 0.4) is 0 Å². The second kappa shape index (κ2) is 9.12. The van der Waals surface area contributed by atoms with E-state index in [9.17, 15) is 41.3 Å². The Morgan fingerprint density at radius 3 is 2.44 bits per heavy atom. The van der Waals surface area contributed by atoms with E-state index in [1.165, 1.54) is 6.92 Å². The van der Waals surface area contributed by atoms with Gasteiger partial charge >= 0.3 is 18.5 Å². The van der Waals surface area contributed by atoms with Crippen LogP contribution in [-0.2, 0) is 20.8 Å². The summed E-state index contributed by atoms with van der Waals surface area (Å²) in [5, 5.41) is 8.91. The van der Waals surface area contributed by atoms with Gasteiger partial charge in [-0.05, 0) is 37.1 Å². The van der Waals surface area contributed by atoms with E-state index in [-0.39, 0.29) is 23.3 Å². The summed E-state index contributed by atoms with van der Waals surface area (Å²) >= 11 is 0. The molecule has 2 atom stereocenters. The Hall–Kier alpha value is -3.19. The van der Waals surface area contributed by atoms with Crippen molar-refractivity contribution in [2.24, 2.45) is 0 Å². The van der Waals surface area contributed by atoms with Gasteiger partial charge in [-0.1, -0.05) is 13.0 Å². The Bertz CT molecular complexity index is 899. The lowest BCUT2D eigenvalue weighted by molar-refractivity contribution is -0.757. The third-order valence-corrected chi connectivity index (χ3v) is 4.42. The second-order valence-corrected chi connectivity index (χ2v) is 6.57. The first-order valence-corrected chi connectivity index (χ1v) is 9.03. The van der Waals surface area contributed by atoms with Crippen LogP contribution in [0.4, 0.5) is 26.3 Å². The van der Waals surface area contributed by atoms with Crippen molar-refractivity contribution < 1.29 is 55.3 Å². The first-order valence-electron chi connectivity index (χ1n) is 9.03. The predicted molar refractivity (Wildman–Crippen MR) is 94.1 cm³/mol. The number of aryl methyl sites for hydroxylation is 1. The topological polar surface area (TPSA) is 97.1 Å². The number of hydrogen-bond acceptors (Lipinski definition) is 7. The number of ether oxygens (including phenoxy) is 3. The number of halogens is 6. The smallest absolute Gasteiger partial charge is 0.469 e. The molecular formula is C18H17F6NO7. The fourth-order valence-electron chi connectivity index (χ4n) is 2.95. The molecule has 2 unspecified atom stereocenters. The predicted octanol–water partition coefficient (Wildman–Crippen LogP) is 4.38. The standard InChI is InChI=1S/C18H17F6NO7/c1-3-11-8-13(31-18(22,23)24)9-12-4-6-16(17(19,20)21,32-15(11)12)10(2)30-14(26)5-7-29-25(27)28/h4,6,8-10H,3,5,7H2,1-2H3. The van der Waals surface area contributed by atoms with Gasteiger partial charge in [0.2, 0.25) is 0 Å². The third kappa shape index (κ3) is 5.73. The number of alkyl halides is 6. The monoisotopic (exact) mass is 473 g/mol. The van der Waals surface area contributed by atoms with Gasteiger partial charge < -0.3 is 19.0 Å². The highest BCUT2D eigenvalue weighted by atomic mass is 19.4. The third-order valence-electron chi connectivity index (χ3n) is 4.42. The van der Waals surface area contributed by atoms with Gasteiger partial charge in [0.1, 0.15) is 18.1 Å². The maximum atomic E-state index is 14.0. The van der Waals surface area contributed by atoms with Crippen molar-refractivity contribution in [2.45, 2.75) is 50.9 Å². The molecule has 0 amide bonds. The molecule has 1 aliphatic rings. The minimum atomic E-state index is -5.11. The normalized spacial score (nSPS) is 18.9. The Labute approximate surface area is 176 Å². The Morgan fingerprint density at radius 1 is 1.25 bits per heavy atom. The first-order chi connectivity index (χ1) is 14.7. The molecule has 0 bridgehead atoms. The van der Waals surface area contributed by atoms with E-state index in [1.54, 1.807) is 0 Å². The van der Waals surface area contributed by atoms with E-state index in [0.717, 1.165) is 25.1 Å². The van der Waals surface area contributed by atoms with Crippen molar-refractivity contribution in [3.63, 3.8) is 0 Å². The summed E-state index contributed by atoms with van der Waals surface area (Å²) in [6.07, 6.45) is -11.3. The molecule has 0 spiro atoms. The molecule has 2 rings (SSSR count). The van der Waals surface area contributed by atoms with Gasteiger partial charge in [-0.15, -0.1) is 23.3 Å². The minimum Gasteiger partial charge on any atom is -0.469 e. The van der Waals surface area contributed by atoms with Crippen molar-refractivity contribution in [1.29, 1.82) is 0 Å². The first kappa shape index (κ1) is 25.1. The maximum absolute atomic E-state index is 14.0. The lowest BCUT2D eigenvalue weighted by atomic mass is 9.90. The average Bonchev–Trinajstić information content (AvgIpc) is 2.64. The molecule has 1 aromatic rings. The van der Waals surface area contributed by atoms with Crippen LogP contribution in [-0.4, -0.2) is 41.9 Å². The quantitative estimate of drug-likeness (QED) is 0.239. The summed E-state index contributed by atoms with van der Waals surface area (Å²) in [4.78, 5) is 25.8. The van der Waals surface area contributed by atoms with E-state index in [2.05, 4.69) is 9.57 Å². The summed E-state index contributed by atoms with van der Waals surface area (Å²) in [6.45, 7) is 1.67. The van der Waals surface area contributed by atoms with Crippen LogP contribution in [0.15, 0.2) is 18.2 Å². The van der Waals surface area contributed by atoms with Crippen molar-refractivity contribution >= 4 is 12.0 Å². The Morgan fingerprint density at radius 2 is 1.91 bits per heavy atom. The highest BCUT2D eigenvalue weighted by molar-refractivity contribution is 5.70. The molecule has 0 saturated heterocycles. The molecule has 0 radical (unpaired) electrons. The second-order valence-electron chi connectivity index (χ2n) is 6.57. The van der Waals surface area contributed by atoms with E-state index in [4.69, 9.17) is 9.47 Å². The summed E-state index contributed by atoms with van der Waals surface area (Å²) in [5.41, 5.74) is -3.25. The average molecular weight is 473 g/mol. The van der Waals surface area contributed by atoms with Gasteiger partial charge in [0.25, 0.3) is 10.7 Å². The molecule has 14 heteroatoms. The van der Waals surface area contributed by atoms with Crippen LogP contribution in [0, 0.1) is 10.1 Å². The van der Waals surface area contributed by atoms with Gasteiger partial charge in [0.05, 0.1) is 6.42 Å². The van der Waals surface area contributed by atoms with E-state index < -0.39 is 54.1 Å². The van der Waals surface area contributed by atoms with E-state index in [1.807, 2.05) is 0 Å². The Kier molecular flexibility index (Phi) is 7.15. The number of esters is 1. The lowest BCUT2D eigenvalue weighted by Crippen LogP contribution is -2.58. The van der Waals surface area contributed by atoms with Gasteiger partial charge in [-0.3, -0.25) is 4.79 Å². The molecule has 1 aromatic carbocycles. The number of benzene rings is 1. The van der Waals surface area contributed by atoms with Crippen LogP contribution < -0.4 is 9.47 Å². The SMILES string of the molecule is CCc1cc(OC(F)(F)F)cc2c1OC(C(C)OC(=O)CCO[N+](=O)[O-])(C(F)(F)F)C=C2. The molecule has 1 aliphatic heterocycles. The summed E-state index contributed by atoms with van der Waals surface area (Å²) in [6, 6.07) is 1.77. The van der Waals surface area contributed by atoms with Crippen molar-refractivity contribution in [3.8, 4) is 11.5 Å². The molecule has 32 heavy (non-hydrogen) atoms. The van der Waals surface area contributed by atoms with Gasteiger partial charge in [0, 0.05) is 5.56 Å². The highest BCUT2D eigenvalue weighted by Gasteiger charge is 2.62. The molecular weight excluding hydrogens is 456 g/mol. The highest BCUT2D eigenvalue weighted by Crippen LogP contribution is 2.46. The minimum absolute atomic E-state index is 0.00219. The molecule has 0 saturated carbocycles. The Balaban J connectivity index is 2.35. The zero-order valence-electron chi connectivity index (χ0n) is 16.6. The number of nitrogens with zero attached hydrogens (tertiary/aromatic N) is 1. The van der Waals surface area contributed by atoms with Crippen LogP contribution in [0.25, 0.3) is 6.08 Å². The molecule has 178 valence electrons. The molecule has 0 N–H and O–H groups in total. The molecule has 1 heterocycles. The number of carbonyl (C=O) groups is 1. The number of hydrogen-bond donors (Lipinski definition) is 0. The zero-order valence-corrected chi connectivity index (χ0v) is 16.6. The molecule has 0 fully saturated rings. The molecule has 0 aromatic heterocycles. The maximum Gasteiger partial charge on any atom is 0.573 e. The van der Waals surface area contributed by atoms with E-state index in [0.29, 0.717) is 6.08 Å². The summed E-state index contributed by atoms with van der Waals surface area (Å²) < 4.78 is 93.5. The zero-order chi connectivity index (χ0) is 24.3. The van der Waals surface area contributed by atoms with E-state index >= 15 is 0 Å². The van der Waals surface area contributed by atoms with Crippen LogP contribution >= 0.6 is 0 Å². The van der Waals surface area contributed by atoms with Gasteiger partial charge in [-0.25, -0.2) is 0 Å². The summed E-state index contributed by atoms with van der Waals surface area (Å²) in [5.74, 6) is -2.19. The largest absolute Gasteiger partial charge is 0.573 e. The van der Waals surface area contributed by atoms with Crippen LogP contribution in [0.5, 0.6) is 11.5 Å².